The molecular formula is C20H24O. The second-order valence-corrected chi connectivity index (χ2v) is 7.90. The van der Waals surface area contributed by atoms with E-state index in [2.05, 4.69) is 38.1 Å². The van der Waals surface area contributed by atoms with Gasteiger partial charge in [-0.1, -0.05) is 43.7 Å². The zero-order valence-electron chi connectivity index (χ0n) is 13.1. The number of hydrogen-bond acceptors (Lipinski definition) is 1. The van der Waals surface area contributed by atoms with Crippen molar-refractivity contribution >= 4 is 5.78 Å². The molecule has 2 unspecified atom stereocenters. The number of benzene rings is 1. The minimum atomic E-state index is 0.268. The second kappa shape index (κ2) is 4.56. The highest BCUT2D eigenvalue weighted by Gasteiger charge is 2.50. The number of carbonyl (C=O) groups is 1. The molecule has 1 spiro atoms. The maximum absolute atomic E-state index is 12.6. The third-order valence-corrected chi connectivity index (χ3v) is 5.81. The Balaban J connectivity index is 1.70. The lowest BCUT2D eigenvalue weighted by atomic mass is 9.63. The van der Waals surface area contributed by atoms with Crippen LogP contribution < -0.4 is 0 Å². The van der Waals surface area contributed by atoms with Crippen molar-refractivity contribution in [3.05, 3.63) is 46.5 Å². The minimum Gasteiger partial charge on any atom is -0.294 e. The van der Waals surface area contributed by atoms with Gasteiger partial charge in [0.25, 0.3) is 0 Å². The Morgan fingerprint density at radius 3 is 2.76 bits per heavy atom. The average Bonchev–Trinajstić information content (AvgIpc) is 2.97. The van der Waals surface area contributed by atoms with Gasteiger partial charge in [-0.05, 0) is 60.5 Å². The van der Waals surface area contributed by atoms with Gasteiger partial charge >= 0.3 is 0 Å². The van der Waals surface area contributed by atoms with E-state index in [4.69, 9.17) is 0 Å². The first-order chi connectivity index (χ1) is 10.1. The molecule has 0 aliphatic heterocycles. The lowest BCUT2D eigenvalue weighted by Crippen LogP contribution is -2.36. The van der Waals surface area contributed by atoms with Crippen LogP contribution >= 0.6 is 0 Å². The van der Waals surface area contributed by atoms with Crippen LogP contribution in [0.25, 0.3) is 0 Å². The monoisotopic (exact) mass is 280 g/mol. The van der Waals surface area contributed by atoms with Gasteiger partial charge in [-0.2, -0.15) is 0 Å². The van der Waals surface area contributed by atoms with Gasteiger partial charge in [0.15, 0.2) is 5.78 Å². The summed E-state index contributed by atoms with van der Waals surface area (Å²) in [6, 6.07) is 6.58. The van der Waals surface area contributed by atoms with Crippen LogP contribution in [0.2, 0.25) is 0 Å². The first-order valence-corrected chi connectivity index (χ1v) is 8.39. The van der Waals surface area contributed by atoms with Crippen LogP contribution in [0.3, 0.4) is 0 Å². The van der Waals surface area contributed by atoms with Crippen molar-refractivity contribution in [3.63, 3.8) is 0 Å². The number of fused-ring (bicyclic) bond motifs is 4. The fourth-order valence-electron chi connectivity index (χ4n) is 4.93. The molecular weight excluding hydrogens is 256 g/mol. The molecule has 1 heteroatoms. The van der Waals surface area contributed by atoms with Gasteiger partial charge in [0.1, 0.15) is 0 Å². The van der Waals surface area contributed by atoms with Crippen molar-refractivity contribution in [2.45, 2.75) is 52.4 Å². The Morgan fingerprint density at radius 1 is 1.24 bits per heavy atom. The molecule has 1 fully saturated rings. The fourth-order valence-corrected chi connectivity index (χ4v) is 4.93. The van der Waals surface area contributed by atoms with E-state index in [-0.39, 0.29) is 5.41 Å². The van der Waals surface area contributed by atoms with Crippen LogP contribution in [0.1, 0.15) is 61.0 Å². The smallest absolute Gasteiger partial charge is 0.163 e. The van der Waals surface area contributed by atoms with E-state index in [9.17, 15) is 4.79 Å². The van der Waals surface area contributed by atoms with Crippen molar-refractivity contribution in [3.8, 4) is 0 Å². The first kappa shape index (κ1) is 13.3. The molecule has 1 saturated carbocycles. The van der Waals surface area contributed by atoms with E-state index in [0.29, 0.717) is 11.7 Å². The SMILES string of the molecule is CC(C)Cc1ccc2c(c1)CC1(CC2=O)CC2=CCC1C2. The van der Waals surface area contributed by atoms with Gasteiger partial charge in [0, 0.05) is 12.0 Å². The highest BCUT2D eigenvalue weighted by Crippen LogP contribution is 2.58. The fraction of sp³-hybridized carbons (Fsp3) is 0.550. The van der Waals surface area contributed by atoms with Gasteiger partial charge in [-0.15, -0.1) is 0 Å². The van der Waals surface area contributed by atoms with E-state index in [0.717, 1.165) is 30.7 Å². The molecule has 0 aromatic heterocycles. The summed E-state index contributed by atoms with van der Waals surface area (Å²) in [5.74, 6) is 1.79. The van der Waals surface area contributed by atoms with E-state index >= 15 is 0 Å². The number of Topliss-reactive ketones (excluding diaryl/α,β-unsaturated/α-hetero) is 1. The highest BCUT2D eigenvalue weighted by atomic mass is 16.1. The van der Waals surface area contributed by atoms with Gasteiger partial charge < -0.3 is 0 Å². The predicted octanol–water partition coefficient (Wildman–Crippen LogP) is 4.74. The Hall–Kier alpha value is -1.37. The maximum Gasteiger partial charge on any atom is 0.163 e. The molecule has 1 nitrogen and oxygen atoms in total. The number of ketones is 1. The summed E-state index contributed by atoms with van der Waals surface area (Å²) in [5, 5.41) is 0. The Kier molecular flexibility index (Phi) is 2.89. The van der Waals surface area contributed by atoms with Crippen molar-refractivity contribution in [1.82, 2.24) is 0 Å². The molecule has 0 N–H and O–H groups in total. The van der Waals surface area contributed by atoms with Gasteiger partial charge in [-0.3, -0.25) is 4.79 Å². The molecule has 0 amide bonds. The van der Waals surface area contributed by atoms with Crippen molar-refractivity contribution in [1.29, 1.82) is 0 Å². The summed E-state index contributed by atoms with van der Waals surface area (Å²) >= 11 is 0. The third-order valence-electron chi connectivity index (χ3n) is 5.81. The number of carbonyl (C=O) groups excluding carboxylic acids is 1. The minimum absolute atomic E-state index is 0.268. The zero-order valence-corrected chi connectivity index (χ0v) is 13.1. The van der Waals surface area contributed by atoms with Gasteiger partial charge in [0.2, 0.25) is 0 Å². The first-order valence-electron chi connectivity index (χ1n) is 8.39. The summed E-state index contributed by atoms with van der Waals surface area (Å²) < 4.78 is 0. The van der Waals surface area contributed by atoms with E-state index in [1.165, 1.54) is 30.4 Å². The Morgan fingerprint density at radius 2 is 2.10 bits per heavy atom. The van der Waals surface area contributed by atoms with Crippen LogP contribution in [0.15, 0.2) is 29.8 Å². The van der Waals surface area contributed by atoms with Crippen LogP contribution in [0, 0.1) is 17.3 Å². The normalized spacial score (nSPS) is 30.1. The van der Waals surface area contributed by atoms with E-state index in [1.807, 2.05) is 0 Å². The van der Waals surface area contributed by atoms with Crippen molar-refractivity contribution < 1.29 is 4.79 Å². The number of rotatable bonds is 2. The van der Waals surface area contributed by atoms with Crippen LogP contribution in [-0.4, -0.2) is 5.78 Å². The summed E-state index contributed by atoms with van der Waals surface area (Å²) in [5.41, 5.74) is 5.62. The number of allylic oxidation sites excluding steroid dienone is 2. The van der Waals surface area contributed by atoms with Crippen LogP contribution in [0.4, 0.5) is 0 Å². The predicted molar refractivity (Wildman–Crippen MR) is 85.5 cm³/mol. The van der Waals surface area contributed by atoms with Crippen LogP contribution in [-0.2, 0) is 12.8 Å². The zero-order chi connectivity index (χ0) is 14.6. The molecule has 2 atom stereocenters. The second-order valence-electron chi connectivity index (χ2n) is 7.90. The van der Waals surface area contributed by atoms with Crippen molar-refractivity contribution in [2.24, 2.45) is 17.3 Å². The standard InChI is InChI=1S/C20H24O/c1-13(2)7-14-4-6-18-16(8-14)11-20(12-19(18)21)10-15-3-5-17(20)9-15/h3-4,6,8,13,17H,5,7,9-12H2,1-2H3. The largest absolute Gasteiger partial charge is 0.294 e. The number of hydrogen-bond donors (Lipinski definition) is 0. The molecule has 0 heterocycles. The van der Waals surface area contributed by atoms with Gasteiger partial charge in [0.05, 0.1) is 0 Å². The molecule has 1 aromatic rings. The van der Waals surface area contributed by atoms with E-state index < -0.39 is 0 Å². The lowest BCUT2D eigenvalue weighted by molar-refractivity contribution is 0.0824. The molecule has 110 valence electrons. The van der Waals surface area contributed by atoms with Crippen molar-refractivity contribution in [2.75, 3.05) is 0 Å². The Bertz CT molecular complexity index is 637. The quantitative estimate of drug-likeness (QED) is 0.715. The Labute approximate surface area is 127 Å². The molecule has 4 rings (SSSR count). The van der Waals surface area contributed by atoms with Gasteiger partial charge in [-0.25, -0.2) is 0 Å². The third kappa shape index (κ3) is 2.09. The lowest BCUT2D eigenvalue weighted by Gasteiger charge is -2.39. The molecule has 0 radical (unpaired) electrons. The topological polar surface area (TPSA) is 17.1 Å². The summed E-state index contributed by atoms with van der Waals surface area (Å²) in [7, 11) is 0. The molecule has 21 heavy (non-hydrogen) atoms. The highest BCUT2D eigenvalue weighted by molar-refractivity contribution is 5.99. The molecule has 2 bridgehead atoms. The maximum atomic E-state index is 12.6. The molecule has 0 saturated heterocycles. The summed E-state index contributed by atoms with van der Waals surface area (Å²) in [4.78, 5) is 12.6. The summed E-state index contributed by atoms with van der Waals surface area (Å²) in [6.45, 7) is 4.52. The molecule has 1 aromatic carbocycles. The van der Waals surface area contributed by atoms with E-state index in [1.54, 1.807) is 5.57 Å². The molecule has 3 aliphatic rings. The molecule has 3 aliphatic carbocycles. The average molecular weight is 280 g/mol. The van der Waals surface area contributed by atoms with Crippen LogP contribution in [0.5, 0.6) is 0 Å². The summed E-state index contributed by atoms with van der Waals surface area (Å²) in [6.07, 6.45) is 9.09.